The van der Waals surface area contributed by atoms with Gasteiger partial charge in [-0.05, 0) is 35.7 Å². The number of hydrogen-bond donors (Lipinski definition) is 1. The molecule has 0 aromatic heterocycles. The van der Waals surface area contributed by atoms with E-state index in [0.29, 0.717) is 19.4 Å². The fourth-order valence-corrected chi connectivity index (χ4v) is 2.83. The maximum Gasteiger partial charge on any atom is 0.119 e. The van der Waals surface area contributed by atoms with Gasteiger partial charge in [-0.2, -0.15) is 0 Å². The van der Waals surface area contributed by atoms with Gasteiger partial charge in [0.1, 0.15) is 5.75 Å². The molecule has 0 saturated heterocycles. The van der Waals surface area contributed by atoms with Crippen molar-refractivity contribution in [2.75, 3.05) is 6.61 Å². The molecule has 2 aromatic carbocycles. The van der Waals surface area contributed by atoms with Crippen molar-refractivity contribution in [1.82, 2.24) is 0 Å². The van der Waals surface area contributed by atoms with Crippen molar-refractivity contribution in [3.05, 3.63) is 65.2 Å². The van der Waals surface area contributed by atoms with Crippen LogP contribution in [0, 0.1) is 0 Å². The summed E-state index contributed by atoms with van der Waals surface area (Å²) in [6.45, 7) is 2.63. The normalized spacial score (nSPS) is 16.1. The molecule has 0 radical (unpaired) electrons. The van der Waals surface area contributed by atoms with E-state index in [1.807, 2.05) is 43.3 Å². The highest BCUT2D eigenvalue weighted by Crippen LogP contribution is 2.37. The summed E-state index contributed by atoms with van der Waals surface area (Å²) in [5.74, 6) is 0.852. The quantitative estimate of drug-likeness (QED) is 0.912. The molecule has 1 aliphatic rings. The van der Waals surface area contributed by atoms with Crippen molar-refractivity contribution in [1.29, 1.82) is 0 Å². The molecule has 1 N–H and O–H groups in total. The number of ether oxygens (including phenoxy) is 1. The minimum atomic E-state index is -0.769. The van der Waals surface area contributed by atoms with Crippen molar-refractivity contribution in [3.8, 4) is 5.75 Å². The van der Waals surface area contributed by atoms with Crippen LogP contribution in [-0.2, 0) is 18.4 Å². The number of fused-ring (bicyclic) bond motifs is 1. The molecular weight excluding hydrogens is 236 g/mol. The third-order valence-corrected chi connectivity index (χ3v) is 3.79. The lowest BCUT2D eigenvalue weighted by atomic mass is 9.91. The molecule has 2 aromatic rings. The molecule has 0 heterocycles. The lowest BCUT2D eigenvalue weighted by Gasteiger charge is -2.23. The van der Waals surface area contributed by atoms with Gasteiger partial charge < -0.3 is 9.84 Å². The highest BCUT2D eigenvalue weighted by atomic mass is 16.5. The molecule has 2 heteroatoms. The first-order valence-electron chi connectivity index (χ1n) is 6.74. The van der Waals surface area contributed by atoms with E-state index in [2.05, 4.69) is 12.1 Å². The Hall–Kier alpha value is -1.80. The summed E-state index contributed by atoms with van der Waals surface area (Å²) in [5.41, 5.74) is 2.69. The fraction of sp³-hybridized carbons (Fsp3) is 0.294. The largest absolute Gasteiger partial charge is 0.494 e. The number of aliphatic hydroxyl groups is 1. The Morgan fingerprint density at radius 1 is 1.00 bits per heavy atom. The maximum atomic E-state index is 10.9. The van der Waals surface area contributed by atoms with Gasteiger partial charge in [0.25, 0.3) is 0 Å². The predicted molar refractivity (Wildman–Crippen MR) is 75.4 cm³/mol. The van der Waals surface area contributed by atoms with Gasteiger partial charge in [0, 0.05) is 12.8 Å². The minimum Gasteiger partial charge on any atom is -0.494 e. The second-order valence-electron chi connectivity index (χ2n) is 5.11. The van der Waals surface area contributed by atoms with Gasteiger partial charge in [-0.25, -0.2) is 0 Å². The molecule has 0 unspecified atom stereocenters. The Morgan fingerprint density at radius 3 is 2.11 bits per heavy atom. The van der Waals surface area contributed by atoms with E-state index in [1.54, 1.807) is 0 Å². The third kappa shape index (κ3) is 2.24. The molecule has 0 spiro atoms. The van der Waals surface area contributed by atoms with Crippen LogP contribution in [0.15, 0.2) is 48.5 Å². The zero-order chi connectivity index (χ0) is 13.3. The summed E-state index contributed by atoms with van der Waals surface area (Å²) in [5, 5.41) is 10.9. The summed E-state index contributed by atoms with van der Waals surface area (Å²) >= 11 is 0. The zero-order valence-electron chi connectivity index (χ0n) is 11.1. The third-order valence-electron chi connectivity index (χ3n) is 3.79. The molecule has 0 aliphatic heterocycles. The average molecular weight is 254 g/mol. The Morgan fingerprint density at radius 2 is 1.58 bits per heavy atom. The van der Waals surface area contributed by atoms with E-state index in [1.165, 1.54) is 11.1 Å². The van der Waals surface area contributed by atoms with E-state index < -0.39 is 5.60 Å². The first kappa shape index (κ1) is 12.2. The van der Waals surface area contributed by atoms with E-state index >= 15 is 0 Å². The monoisotopic (exact) mass is 254 g/mol. The first-order valence-corrected chi connectivity index (χ1v) is 6.74. The van der Waals surface area contributed by atoms with Crippen molar-refractivity contribution < 1.29 is 9.84 Å². The highest BCUT2D eigenvalue weighted by Gasteiger charge is 2.36. The van der Waals surface area contributed by atoms with Gasteiger partial charge >= 0.3 is 0 Å². The van der Waals surface area contributed by atoms with Crippen LogP contribution in [-0.4, -0.2) is 11.7 Å². The van der Waals surface area contributed by atoms with E-state index in [-0.39, 0.29) is 0 Å². The van der Waals surface area contributed by atoms with Crippen LogP contribution in [0.1, 0.15) is 23.6 Å². The lowest BCUT2D eigenvalue weighted by Crippen LogP contribution is -2.25. The predicted octanol–water partition coefficient (Wildman–Crippen LogP) is 3.07. The van der Waals surface area contributed by atoms with Crippen LogP contribution in [0.5, 0.6) is 5.75 Å². The average Bonchev–Trinajstić information content (AvgIpc) is 2.77. The van der Waals surface area contributed by atoms with Crippen LogP contribution in [0.25, 0.3) is 0 Å². The Balaban J connectivity index is 1.87. The molecule has 19 heavy (non-hydrogen) atoms. The molecule has 1 aliphatic carbocycles. The Kier molecular flexibility index (Phi) is 3.03. The molecule has 0 bridgehead atoms. The fourth-order valence-electron chi connectivity index (χ4n) is 2.83. The molecular formula is C17H18O2. The van der Waals surface area contributed by atoms with E-state index in [4.69, 9.17) is 4.74 Å². The van der Waals surface area contributed by atoms with Crippen molar-refractivity contribution >= 4 is 0 Å². The van der Waals surface area contributed by atoms with Gasteiger partial charge in [-0.15, -0.1) is 0 Å². The lowest BCUT2D eigenvalue weighted by molar-refractivity contribution is 0.0482. The number of benzene rings is 2. The summed E-state index contributed by atoms with van der Waals surface area (Å²) in [7, 11) is 0. The highest BCUT2D eigenvalue weighted by molar-refractivity contribution is 5.41. The Labute approximate surface area is 113 Å². The molecule has 0 saturated carbocycles. The van der Waals surface area contributed by atoms with E-state index in [9.17, 15) is 5.11 Å². The van der Waals surface area contributed by atoms with Crippen LogP contribution in [0.4, 0.5) is 0 Å². The zero-order valence-corrected chi connectivity index (χ0v) is 11.1. The van der Waals surface area contributed by atoms with Gasteiger partial charge in [0.05, 0.1) is 12.2 Å². The van der Waals surface area contributed by atoms with Gasteiger partial charge in [0.15, 0.2) is 0 Å². The van der Waals surface area contributed by atoms with Crippen molar-refractivity contribution in [3.63, 3.8) is 0 Å². The topological polar surface area (TPSA) is 29.5 Å². The molecule has 3 rings (SSSR count). The van der Waals surface area contributed by atoms with E-state index in [0.717, 1.165) is 11.3 Å². The summed E-state index contributed by atoms with van der Waals surface area (Å²) in [6, 6.07) is 16.1. The molecule has 0 amide bonds. The van der Waals surface area contributed by atoms with Crippen LogP contribution < -0.4 is 4.74 Å². The first-order chi connectivity index (χ1) is 9.21. The molecule has 0 fully saturated rings. The van der Waals surface area contributed by atoms with Gasteiger partial charge in [-0.3, -0.25) is 0 Å². The Bertz CT molecular complexity index is 547. The van der Waals surface area contributed by atoms with Crippen molar-refractivity contribution in [2.45, 2.75) is 25.4 Å². The van der Waals surface area contributed by atoms with Crippen LogP contribution in [0.2, 0.25) is 0 Å². The van der Waals surface area contributed by atoms with Crippen LogP contribution >= 0.6 is 0 Å². The van der Waals surface area contributed by atoms with Gasteiger partial charge in [0.2, 0.25) is 0 Å². The molecule has 98 valence electrons. The minimum absolute atomic E-state index is 0.662. The summed E-state index contributed by atoms with van der Waals surface area (Å²) in [6.07, 6.45) is 1.38. The number of rotatable bonds is 3. The summed E-state index contributed by atoms with van der Waals surface area (Å²) in [4.78, 5) is 0. The smallest absolute Gasteiger partial charge is 0.119 e. The SMILES string of the molecule is CCOc1ccc(C2(O)Cc3ccccc3C2)cc1. The van der Waals surface area contributed by atoms with Crippen molar-refractivity contribution in [2.24, 2.45) is 0 Å². The standard InChI is InChI=1S/C17H18O2/c1-2-19-16-9-7-15(8-10-16)17(18)11-13-5-3-4-6-14(13)12-17/h3-10,18H,2,11-12H2,1H3. The van der Waals surface area contributed by atoms with Gasteiger partial charge in [-0.1, -0.05) is 36.4 Å². The van der Waals surface area contributed by atoms with Crippen LogP contribution in [0.3, 0.4) is 0 Å². The number of hydrogen-bond acceptors (Lipinski definition) is 2. The summed E-state index contributed by atoms with van der Waals surface area (Å²) < 4.78 is 5.44. The second-order valence-corrected chi connectivity index (χ2v) is 5.11. The molecule has 0 atom stereocenters. The maximum absolute atomic E-state index is 10.9. The second kappa shape index (κ2) is 4.71. The molecule has 2 nitrogen and oxygen atoms in total.